The van der Waals surface area contributed by atoms with Crippen molar-refractivity contribution in [3.63, 3.8) is 0 Å². The van der Waals surface area contributed by atoms with Crippen molar-refractivity contribution < 1.29 is 14.2 Å². The number of hydrogen-bond donors (Lipinski definition) is 1. The molecule has 0 fully saturated rings. The van der Waals surface area contributed by atoms with Crippen LogP contribution in [0.25, 0.3) is 0 Å². The van der Waals surface area contributed by atoms with Gasteiger partial charge in [0.25, 0.3) is 0 Å². The Labute approximate surface area is 112 Å². The maximum atomic E-state index is 13.7. The molecule has 0 amide bonds. The van der Waals surface area contributed by atoms with E-state index in [9.17, 15) is 9.50 Å². The molecule has 2 rings (SSSR count). The highest BCUT2D eigenvalue weighted by atomic mass is 19.1. The molecule has 0 aliphatic rings. The van der Waals surface area contributed by atoms with Crippen LogP contribution in [0.2, 0.25) is 0 Å². The first kappa shape index (κ1) is 13.6. The van der Waals surface area contributed by atoms with Crippen molar-refractivity contribution in [3.05, 3.63) is 65.5 Å². The van der Waals surface area contributed by atoms with E-state index in [1.807, 2.05) is 24.3 Å². The van der Waals surface area contributed by atoms with Crippen LogP contribution in [0, 0.1) is 5.82 Å². The van der Waals surface area contributed by atoms with Crippen LogP contribution in [0.5, 0.6) is 5.75 Å². The van der Waals surface area contributed by atoms with Crippen molar-refractivity contribution in [2.75, 3.05) is 7.11 Å². The molecule has 0 aromatic heterocycles. The first-order valence-corrected chi connectivity index (χ1v) is 6.13. The SMILES string of the molecule is COc1ccc(CC(C)(O)c2ccccc2F)cc1. The highest BCUT2D eigenvalue weighted by molar-refractivity contribution is 5.31. The van der Waals surface area contributed by atoms with Gasteiger partial charge in [0.1, 0.15) is 11.6 Å². The summed E-state index contributed by atoms with van der Waals surface area (Å²) in [4.78, 5) is 0. The van der Waals surface area contributed by atoms with E-state index < -0.39 is 5.60 Å². The predicted molar refractivity (Wildman–Crippen MR) is 72.7 cm³/mol. The van der Waals surface area contributed by atoms with E-state index in [4.69, 9.17) is 4.74 Å². The Morgan fingerprint density at radius 1 is 1.11 bits per heavy atom. The minimum absolute atomic E-state index is 0.311. The van der Waals surface area contributed by atoms with Crippen molar-refractivity contribution in [2.45, 2.75) is 18.9 Å². The third kappa shape index (κ3) is 3.12. The van der Waals surface area contributed by atoms with Crippen LogP contribution in [-0.4, -0.2) is 12.2 Å². The topological polar surface area (TPSA) is 29.5 Å². The first-order chi connectivity index (χ1) is 9.03. The van der Waals surface area contributed by atoms with Crippen molar-refractivity contribution in [1.82, 2.24) is 0 Å². The number of rotatable bonds is 4. The van der Waals surface area contributed by atoms with Crippen LogP contribution in [0.3, 0.4) is 0 Å². The molecule has 0 aliphatic carbocycles. The predicted octanol–water partition coefficient (Wildman–Crippen LogP) is 3.28. The molecule has 1 N–H and O–H groups in total. The third-order valence-corrected chi connectivity index (χ3v) is 3.16. The number of halogens is 1. The average molecular weight is 260 g/mol. The Kier molecular flexibility index (Phi) is 3.86. The van der Waals surface area contributed by atoms with Gasteiger partial charge in [-0.05, 0) is 30.7 Å². The van der Waals surface area contributed by atoms with Gasteiger partial charge in [-0.2, -0.15) is 0 Å². The van der Waals surface area contributed by atoms with Gasteiger partial charge in [0, 0.05) is 12.0 Å². The van der Waals surface area contributed by atoms with E-state index in [0.29, 0.717) is 12.0 Å². The summed E-state index contributed by atoms with van der Waals surface area (Å²) < 4.78 is 18.8. The summed E-state index contributed by atoms with van der Waals surface area (Å²) >= 11 is 0. The molecule has 0 spiro atoms. The molecule has 0 heterocycles. The van der Waals surface area contributed by atoms with E-state index in [-0.39, 0.29) is 5.82 Å². The molecule has 3 heteroatoms. The fourth-order valence-corrected chi connectivity index (χ4v) is 2.13. The van der Waals surface area contributed by atoms with Crippen LogP contribution in [0.15, 0.2) is 48.5 Å². The molecule has 2 nitrogen and oxygen atoms in total. The number of methoxy groups -OCH3 is 1. The minimum Gasteiger partial charge on any atom is -0.497 e. The van der Waals surface area contributed by atoms with E-state index in [2.05, 4.69) is 0 Å². The molecule has 0 aliphatic heterocycles. The Morgan fingerprint density at radius 2 is 1.74 bits per heavy atom. The monoisotopic (exact) mass is 260 g/mol. The number of benzene rings is 2. The van der Waals surface area contributed by atoms with Gasteiger partial charge in [0.15, 0.2) is 0 Å². The van der Waals surface area contributed by atoms with Crippen LogP contribution in [-0.2, 0) is 12.0 Å². The summed E-state index contributed by atoms with van der Waals surface area (Å²) in [5.41, 5.74) is -0.000187. The molecular weight excluding hydrogens is 243 g/mol. The second-order valence-electron chi connectivity index (χ2n) is 4.78. The summed E-state index contributed by atoms with van der Waals surface area (Å²) in [6, 6.07) is 13.7. The van der Waals surface area contributed by atoms with E-state index in [0.717, 1.165) is 11.3 Å². The van der Waals surface area contributed by atoms with E-state index in [1.165, 1.54) is 6.07 Å². The van der Waals surface area contributed by atoms with Gasteiger partial charge >= 0.3 is 0 Å². The number of aliphatic hydroxyl groups is 1. The Bertz CT molecular complexity index is 547. The lowest BCUT2D eigenvalue weighted by Gasteiger charge is -2.24. The normalized spacial score (nSPS) is 13.9. The van der Waals surface area contributed by atoms with Gasteiger partial charge in [0.05, 0.1) is 12.7 Å². The van der Waals surface area contributed by atoms with Crippen LogP contribution >= 0.6 is 0 Å². The van der Waals surface area contributed by atoms with Crippen molar-refractivity contribution >= 4 is 0 Å². The maximum absolute atomic E-state index is 13.7. The molecule has 2 aromatic rings. The zero-order chi connectivity index (χ0) is 13.9. The lowest BCUT2D eigenvalue weighted by Crippen LogP contribution is -2.25. The van der Waals surface area contributed by atoms with Crippen LogP contribution < -0.4 is 4.74 Å². The van der Waals surface area contributed by atoms with E-state index in [1.54, 1.807) is 32.2 Å². The third-order valence-electron chi connectivity index (χ3n) is 3.16. The Morgan fingerprint density at radius 3 is 2.32 bits per heavy atom. The average Bonchev–Trinajstić information content (AvgIpc) is 2.39. The quantitative estimate of drug-likeness (QED) is 0.914. The molecule has 2 aromatic carbocycles. The van der Waals surface area contributed by atoms with Crippen LogP contribution in [0.4, 0.5) is 4.39 Å². The fourth-order valence-electron chi connectivity index (χ4n) is 2.13. The molecule has 19 heavy (non-hydrogen) atoms. The number of hydrogen-bond acceptors (Lipinski definition) is 2. The van der Waals surface area contributed by atoms with Gasteiger partial charge in [-0.15, -0.1) is 0 Å². The highest BCUT2D eigenvalue weighted by Gasteiger charge is 2.26. The second kappa shape index (κ2) is 5.41. The summed E-state index contributed by atoms with van der Waals surface area (Å²) in [7, 11) is 1.60. The fraction of sp³-hybridized carbons (Fsp3) is 0.250. The molecule has 0 radical (unpaired) electrons. The summed E-state index contributed by atoms with van der Waals surface area (Å²) in [5.74, 6) is 0.371. The minimum atomic E-state index is -1.24. The molecule has 0 saturated carbocycles. The summed E-state index contributed by atoms with van der Waals surface area (Å²) in [6.45, 7) is 1.62. The largest absolute Gasteiger partial charge is 0.497 e. The van der Waals surface area contributed by atoms with Gasteiger partial charge < -0.3 is 9.84 Å². The molecule has 0 bridgehead atoms. The second-order valence-corrected chi connectivity index (χ2v) is 4.78. The molecule has 0 saturated heterocycles. The maximum Gasteiger partial charge on any atom is 0.129 e. The van der Waals surface area contributed by atoms with Gasteiger partial charge in [-0.25, -0.2) is 4.39 Å². The van der Waals surface area contributed by atoms with Gasteiger partial charge in [-0.1, -0.05) is 30.3 Å². The lowest BCUT2D eigenvalue weighted by molar-refractivity contribution is 0.0538. The zero-order valence-electron chi connectivity index (χ0n) is 11.1. The van der Waals surface area contributed by atoms with Gasteiger partial charge in [0.2, 0.25) is 0 Å². The van der Waals surface area contributed by atoms with Crippen LogP contribution in [0.1, 0.15) is 18.1 Å². The highest BCUT2D eigenvalue weighted by Crippen LogP contribution is 2.28. The summed E-state index contributed by atoms with van der Waals surface area (Å²) in [6.07, 6.45) is 0.345. The molecule has 1 atom stereocenters. The van der Waals surface area contributed by atoms with Gasteiger partial charge in [-0.3, -0.25) is 0 Å². The summed E-state index contributed by atoms with van der Waals surface area (Å²) in [5, 5.41) is 10.5. The van der Waals surface area contributed by atoms with Crippen molar-refractivity contribution in [1.29, 1.82) is 0 Å². The Hall–Kier alpha value is -1.87. The van der Waals surface area contributed by atoms with Crippen molar-refractivity contribution in [3.8, 4) is 5.75 Å². The first-order valence-electron chi connectivity index (χ1n) is 6.13. The van der Waals surface area contributed by atoms with E-state index >= 15 is 0 Å². The molecule has 1 unspecified atom stereocenters. The smallest absolute Gasteiger partial charge is 0.129 e. The molecular formula is C16H17FO2. The zero-order valence-corrected chi connectivity index (χ0v) is 11.1. The number of ether oxygens (including phenoxy) is 1. The standard InChI is InChI=1S/C16H17FO2/c1-16(18,14-5-3-4-6-15(14)17)11-12-7-9-13(19-2)10-8-12/h3-10,18H,11H2,1-2H3. The van der Waals surface area contributed by atoms with Crippen molar-refractivity contribution in [2.24, 2.45) is 0 Å². The lowest BCUT2D eigenvalue weighted by atomic mass is 9.89. The Balaban J connectivity index is 2.23. The molecule has 100 valence electrons.